The molecule has 34 heavy (non-hydrogen) atoms. The molecule has 5 rings (SSSR count). The Kier molecular flexibility index (Phi) is 5.38. The molecule has 8 atom stereocenters. The van der Waals surface area contributed by atoms with Crippen molar-refractivity contribution in [1.82, 2.24) is 0 Å². The summed E-state index contributed by atoms with van der Waals surface area (Å²) in [6, 6.07) is 0. The van der Waals surface area contributed by atoms with Gasteiger partial charge in [-0.15, -0.1) is 0 Å². The molecule has 0 aromatic heterocycles. The Morgan fingerprint density at radius 3 is 2.50 bits per heavy atom. The van der Waals surface area contributed by atoms with Crippen LogP contribution in [0.3, 0.4) is 0 Å². The summed E-state index contributed by atoms with van der Waals surface area (Å²) in [6.07, 6.45) is 6.41. The van der Waals surface area contributed by atoms with Gasteiger partial charge in [-0.3, -0.25) is 18.6 Å². The fraction of sp³-hybridized carbons (Fsp3) is 0.800. The lowest BCUT2D eigenvalue weighted by atomic mass is 9.44. The quantitative estimate of drug-likeness (QED) is 0.334. The van der Waals surface area contributed by atoms with E-state index < -0.39 is 38.6 Å². The van der Waals surface area contributed by atoms with Crippen LogP contribution in [0.25, 0.3) is 0 Å². The standard InChI is InChI=1S/C25H34O8S/c1-23-8-5-15(26)11-14(23)12-16(22(28)31-3)20-17-6-9-25(10-7-19(27)32-25)24(17,2)13-18(21(20)23)33-34(4,29)30/h12,16-18,20-21H,5-11,13H2,1-4H3/t16-,17?,18-,20?,21?,23?,24?,25-/m1/s1. The van der Waals surface area contributed by atoms with Crippen LogP contribution >= 0.6 is 0 Å². The molecule has 0 amide bonds. The first kappa shape index (κ1) is 24.0. The molecular weight excluding hydrogens is 460 g/mol. The zero-order chi connectivity index (χ0) is 24.7. The maximum Gasteiger partial charge on any atom is 0.312 e. The Morgan fingerprint density at radius 2 is 1.88 bits per heavy atom. The van der Waals surface area contributed by atoms with Crippen molar-refractivity contribution in [2.45, 2.75) is 76.9 Å². The summed E-state index contributed by atoms with van der Waals surface area (Å²) in [5, 5.41) is 0. The highest BCUT2D eigenvalue weighted by Gasteiger charge is 2.71. The summed E-state index contributed by atoms with van der Waals surface area (Å²) < 4.78 is 41.9. The average molecular weight is 495 g/mol. The van der Waals surface area contributed by atoms with Gasteiger partial charge in [-0.2, -0.15) is 8.42 Å². The second kappa shape index (κ2) is 7.63. The number of fused-ring (bicyclic) bond motifs is 6. The first-order valence-electron chi connectivity index (χ1n) is 12.2. The van der Waals surface area contributed by atoms with Gasteiger partial charge in [-0.25, -0.2) is 0 Å². The predicted octanol–water partition coefficient (Wildman–Crippen LogP) is 2.95. The second-order valence-electron chi connectivity index (χ2n) is 11.6. The molecule has 4 fully saturated rings. The van der Waals surface area contributed by atoms with Crippen LogP contribution in [0.5, 0.6) is 0 Å². The number of methoxy groups -OCH3 is 1. The number of carbonyl (C=O) groups is 3. The minimum absolute atomic E-state index is 0.0270. The van der Waals surface area contributed by atoms with E-state index in [-0.39, 0.29) is 41.9 Å². The molecule has 0 bridgehead atoms. The normalized spacial score (nSPS) is 45.8. The molecule has 9 heteroatoms. The van der Waals surface area contributed by atoms with Gasteiger partial charge in [0.25, 0.3) is 10.1 Å². The van der Waals surface area contributed by atoms with E-state index in [9.17, 15) is 22.8 Å². The Balaban J connectivity index is 1.69. The van der Waals surface area contributed by atoms with Crippen LogP contribution in [0.4, 0.5) is 0 Å². The van der Waals surface area contributed by atoms with E-state index >= 15 is 0 Å². The Bertz CT molecular complexity index is 1080. The summed E-state index contributed by atoms with van der Waals surface area (Å²) in [6.45, 7) is 4.18. The number of ketones is 1. The van der Waals surface area contributed by atoms with Gasteiger partial charge in [0.1, 0.15) is 11.4 Å². The van der Waals surface area contributed by atoms with E-state index in [4.69, 9.17) is 13.7 Å². The summed E-state index contributed by atoms with van der Waals surface area (Å²) in [5.41, 5.74) is -0.769. The van der Waals surface area contributed by atoms with E-state index in [0.717, 1.165) is 18.2 Å². The third-order valence-electron chi connectivity index (χ3n) is 10.0. The molecule has 1 saturated heterocycles. The summed E-state index contributed by atoms with van der Waals surface area (Å²) in [5.74, 6) is -1.56. The Labute approximate surface area is 200 Å². The summed E-state index contributed by atoms with van der Waals surface area (Å²) in [4.78, 5) is 37.8. The molecule has 0 aromatic carbocycles. The molecular formula is C25H34O8S. The molecule has 188 valence electrons. The van der Waals surface area contributed by atoms with Crippen LogP contribution in [0.15, 0.2) is 11.6 Å². The number of rotatable bonds is 3. The molecule has 1 heterocycles. The highest BCUT2D eigenvalue weighted by molar-refractivity contribution is 7.86. The molecule has 1 spiro atoms. The van der Waals surface area contributed by atoms with E-state index in [1.165, 1.54) is 7.11 Å². The van der Waals surface area contributed by atoms with Crippen LogP contribution < -0.4 is 0 Å². The first-order chi connectivity index (χ1) is 15.8. The van der Waals surface area contributed by atoms with Gasteiger partial charge >= 0.3 is 11.9 Å². The Morgan fingerprint density at radius 1 is 1.15 bits per heavy atom. The maximum atomic E-state index is 13.1. The minimum Gasteiger partial charge on any atom is -0.469 e. The zero-order valence-electron chi connectivity index (χ0n) is 20.3. The van der Waals surface area contributed by atoms with Crippen LogP contribution in [0.1, 0.15) is 65.2 Å². The van der Waals surface area contributed by atoms with Crippen molar-refractivity contribution in [3.05, 3.63) is 11.6 Å². The molecule has 5 unspecified atom stereocenters. The largest absolute Gasteiger partial charge is 0.469 e. The molecule has 8 nitrogen and oxygen atoms in total. The Hall–Kier alpha value is -1.74. The molecule has 5 aliphatic rings. The average Bonchev–Trinajstić information content (AvgIpc) is 3.26. The van der Waals surface area contributed by atoms with E-state index in [2.05, 4.69) is 13.8 Å². The fourth-order valence-corrected chi connectivity index (χ4v) is 9.18. The van der Waals surface area contributed by atoms with Crippen molar-refractivity contribution in [2.75, 3.05) is 13.4 Å². The maximum absolute atomic E-state index is 13.1. The molecule has 4 aliphatic carbocycles. The topological polar surface area (TPSA) is 113 Å². The van der Waals surface area contributed by atoms with Crippen molar-refractivity contribution < 1.29 is 36.5 Å². The number of carbonyl (C=O) groups excluding carboxylic acids is 3. The van der Waals surface area contributed by atoms with Crippen molar-refractivity contribution in [3.63, 3.8) is 0 Å². The first-order valence-corrected chi connectivity index (χ1v) is 14.1. The second-order valence-corrected chi connectivity index (χ2v) is 13.2. The predicted molar refractivity (Wildman–Crippen MR) is 121 cm³/mol. The minimum atomic E-state index is -3.80. The lowest BCUT2D eigenvalue weighted by Crippen LogP contribution is -2.62. The lowest BCUT2D eigenvalue weighted by molar-refractivity contribution is -0.188. The number of hydrogen-bond donors (Lipinski definition) is 0. The van der Waals surface area contributed by atoms with E-state index in [0.29, 0.717) is 38.5 Å². The number of ether oxygens (including phenoxy) is 2. The van der Waals surface area contributed by atoms with Crippen molar-refractivity contribution >= 4 is 27.8 Å². The monoisotopic (exact) mass is 494 g/mol. The molecule has 3 saturated carbocycles. The third-order valence-corrected chi connectivity index (χ3v) is 10.6. The van der Waals surface area contributed by atoms with Gasteiger partial charge in [-0.1, -0.05) is 25.5 Å². The molecule has 1 aliphatic heterocycles. The van der Waals surface area contributed by atoms with Crippen molar-refractivity contribution in [2.24, 2.45) is 34.5 Å². The van der Waals surface area contributed by atoms with Gasteiger partial charge in [0.2, 0.25) is 0 Å². The summed E-state index contributed by atoms with van der Waals surface area (Å²) in [7, 11) is -2.45. The van der Waals surface area contributed by atoms with Gasteiger partial charge in [0.05, 0.1) is 25.4 Å². The fourth-order valence-electron chi connectivity index (χ4n) is 8.54. The highest BCUT2D eigenvalue weighted by atomic mass is 32.2. The molecule has 0 N–H and O–H groups in total. The number of hydrogen-bond acceptors (Lipinski definition) is 8. The smallest absolute Gasteiger partial charge is 0.312 e. The van der Waals surface area contributed by atoms with Gasteiger partial charge in [-0.05, 0) is 55.3 Å². The number of esters is 2. The van der Waals surface area contributed by atoms with Crippen LogP contribution in [0, 0.1) is 34.5 Å². The van der Waals surface area contributed by atoms with E-state index in [1.54, 1.807) is 0 Å². The molecule has 0 radical (unpaired) electrons. The van der Waals surface area contributed by atoms with Gasteiger partial charge in [0, 0.05) is 24.7 Å². The highest BCUT2D eigenvalue weighted by Crippen LogP contribution is 2.70. The molecule has 0 aromatic rings. The van der Waals surface area contributed by atoms with Crippen molar-refractivity contribution in [1.29, 1.82) is 0 Å². The third kappa shape index (κ3) is 3.33. The van der Waals surface area contributed by atoms with Gasteiger partial charge < -0.3 is 9.47 Å². The SMILES string of the molecule is COC(=O)[C@@H]1C=C2CC(=O)CCC2(C)C2C1C1CC[C@@]3(CCC(=O)O3)C1(C)C[C@H]2OS(C)(=O)=O. The lowest BCUT2D eigenvalue weighted by Gasteiger charge is -2.61. The zero-order valence-corrected chi connectivity index (χ0v) is 21.1. The van der Waals surface area contributed by atoms with Crippen LogP contribution in [-0.4, -0.2) is 51.2 Å². The number of Topliss-reactive ketones (excluding diaryl/α,β-unsaturated/α-hetero) is 1. The number of allylic oxidation sites excluding steroid dienone is 1. The van der Waals surface area contributed by atoms with Crippen molar-refractivity contribution in [3.8, 4) is 0 Å². The van der Waals surface area contributed by atoms with Gasteiger partial charge in [0.15, 0.2) is 0 Å². The van der Waals surface area contributed by atoms with E-state index in [1.807, 2.05) is 6.08 Å². The van der Waals surface area contributed by atoms with Crippen LogP contribution in [0.2, 0.25) is 0 Å². The van der Waals surface area contributed by atoms with Crippen LogP contribution in [-0.2, 0) is 38.2 Å². The summed E-state index contributed by atoms with van der Waals surface area (Å²) >= 11 is 0.